The van der Waals surface area contributed by atoms with Crippen molar-refractivity contribution in [1.29, 1.82) is 0 Å². The number of carbonyl (C=O) groups is 1. The summed E-state index contributed by atoms with van der Waals surface area (Å²) in [6.45, 7) is 0. The van der Waals surface area contributed by atoms with Gasteiger partial charge in [0.2, 0.25) is 0 Å². The number of halogens is 5. The second kappa shape index (κ2) is 3.68. The monoisotopic (exact) mass is 285 g/mol. The zero-order valence-electron chi connectivity index (χ0n) is 7.94. The van der Waals surface area contributed by atoms with E-state index in [4.69, 9.17) is 23.2 Å². The van der Waals surface area contributed by atoms with Crippen LogP contribution in [0.2, 0.25) is 5.02 Å². The van der Waals surface area contributed by atoms with Crippen molar-refractivity contribution in [3.05, 3.63) is 28.8 Å². The molecule has 0 radical (unpaired) electrons. The first-order valence-corrected chi connectivity index (χ1v) is 5.05. The van der Waals surface area contributed by atoms with Crippen molar-refractivity contribution >= 4 is 35.0 Å². The Morgan fingerprint density at radius 1 is 1.35 bits per heavy atom. The molecule has 1 atom stereocenters. The molecule has 92 valence electrons. The lowest BCUT2D eigenvalue weighted by atomic mass is 10.0. The van der Waals surface area contributed by atoms with Crippen molar-refractivity contribution in [2.45, 2.75) is 11.2 Å². The van der Waals surface area contributed by atoms with Gasteiger partial charge in [-0.15, -0.1) is 0 Å². The van der Waals surface area contributed by atoms with Crippen molar-refractivity contribution in [3.8, 4) is 0 Å². The van der Waals surface area contributed by atoms with Crippen LogP contribution in [0.1, 0.15) is 5.56 Å². The number of amides is 1. The maximum atomic E-state index is 12.8. The van der Waals surface area contributed by atoms with Crippen LogP contribution < -0.4 is 5.32 Å². The maximum Gasteiger partial charge on any atom is 0.448 e. The van der Waals surface area contributed by atoms with Gasteiger partial charge in [-0.05, 0) is 18.2 Å². The molecule has 17 heavy (non-hydrogen) atoms. The molecule has 1 aromatic carbocycles. The summed E-state index contributed by atoms with van der Waals surface area (Å²) in [4.78, 5) is 11.0. The van der Waals surface area contributed by atoms with Crippen LogP contribution in [-0.2, 0) is 9.80 Å². The van der Waals surface area contributed by atoms with Gasteiger partial charge in [0.15, 0.2) is 0 Å². The second-order valence-electron chi connectivity index (χ2n) is 3.30. The molecular weight excluding hydrogens is 282 g/mol. The Morgan fingerprint density at radius 3 is 2.59 bits per heavy atom. The van der Waals surface area contributed by atoms with Crippen LogP contribution in [0.15, 0.2) is 18.2 Å². The van der Waals surface area contributed by atoms with Gasteiger partial charge in [-0.2, -0.15) is 13.2 Å². The quantitative estimate of drug-likeness (QED) is 0.735. The number of ether oxygens (including phenoxy) is 1. The highest BCUT2D eigenvalue weighted by Gasteiger charge is 2.61. The number of rotatable bonds is 0. The minimum absolute atomic E-state index is 0.0535. The van der Waals surface area contributed by atoms with Gasteiger partial charge in [-0.1, -0.05) is 23.2 Å². The Labute approximate surface area is 103 Å². The predicted molar refractivity (Wildman–Crippen MR) is 55.1 cm³/mol. The number of cyclic esters (lactones) is 1. The van der Waals surface area contributed by atoms with E-state index < -0.39 is 22.9 Å². The average Bonchev–Trinajstić information content (AvgIpc) is 2.17. The summed E-state index contributed by atoms with van der Waals surface area (Å²) in [7, 11) is 0. The molecule has 0 saturated carbocycles. The molecule has 0 saturated heterocycles. The SMILES string of the molecule is O=C1Nc2ccc(Cl)cc2C(Cl)(C(F)(F)F)O1. The van der Waals surface area contributed by atoms with Crippen molar-refractivity contribution in [2.75, 3.05) is 5.32 Å². The molecule has 2 rings (SSSR count). The molecule has 1 N–H and O–H groups in total. The molecule has 0 aliphatic carbocycles. The molecule has 0 aromatic heterocycles. The van der Waals surface area contributed by atoms with Gasteiger partial charge in [0.1, 0.15) is 0 Å². The fourth-order valence-corrected chi connectivity index (χ4v) is 1.82. The van der Waals surface area contributed by atoms with E-state index in [2.05, 4.69) is 10.1 Å². The number of carbonyl (C=O) groups excluding carboxylic acids is 1. The number of fused-ring (bicyclic) bond motifs is 1. The van der Waals surface area contributed by atoms with Crippen LogP contribution in [0.25, 0.3) is 0 Å². The van der Waals surface area contributed by atoms with Crippen LogP contribution in [-0.4, -0.2) is 12.3 Å². The Balaban J connectivity index is 2.65. The number of anilines is 1. The molecule has 1 unspecified atom stereocenters. The van der Waals surface area contributed by atoms with Gasteiger partial charge >= 0.3 is 17.3 Å². The average molecular weight is 286 g/mol. The third-order valence-electron chi connectivity index (χ3n) is 2.16. The summed E-state index contributed by atoms with van der Waals surface area (Å²) >= 11 is 11.0. The van der Waals surface area contributed by atoms with Crippen LogP contribution in [0.3, 0.4) is 0 Å². The number of hydrogen-bond donors (Lipinski definition) is 1. The lowest BCUT2D eigenvalue weighted by molar-refractivity contribution is -0.227. The van der Waals surface area contributed by atoms with Crippen molar-refractivity contribution < 1.29 is 22.7 Å². The van der Waals surface area contributed by atoms with Gasteiger partial charge in [-0.25, -0.2) is 4.79 Å². The fourth-order valence-electron chi connectivity index (χ4n) is 1.42. The first-order chi connectivity index (χ1) is 7.74. The standard InChI is InChI=1S/C9H4Cl2F3NO2/c10-4-1-2-6-5(3-4)8(11,9(12,13)14)17-7(16)15-6/h1-3H,(H,15,16). The van der Waals surface area contributed by atoms with E-state index in [0.717, 1.165) is 6.07 Å². The second-order valence-corrected chi connectivity index (χ2v) is 4.27. The van der Waals surface area contributed by atoms with E-state index >= 15 is 0 Å². The van der Waals surface area contributed by atoms with Crippen LogP contribution >= 0.6 is 23.2 Å². The van der Waals surface area contributed by atoms with Gasteiger partial charge in [-0.3, -0.25) is 5.32 Å². The van der Waals surface area contributed by atoms with E-state index in [1.54, 1.807) is 0 Å². The molecule has 1 heterocycles. The number of alkyl halides is 4. The summed E-state index contributed by atoms with van der Waals surface area (Å²) in [5.41, 5.74) is -0.531. The predicted octanol–water partition coefficient (Wildman–Crippen LogP) is 3.86. The van der Waals surface area contributed by atoms with E-state index in [1.807, 2.05) is 0 Å². The van der Waals surface area contributed by atoms with Crippen LogP contribution in [0.5, 0.6) is 0 Å². The van der Waals surface area contributed by atoms with E-state index in [-0.39, 0.29) is 10.7 Å². The molecule has 1 aliphatic heterocycles. The third-order valence-corrected chi connectivity index (χ3v) is 2.89. The van der Waals surface area contributed by atoms with Crippen LogP contribution in [0.4, 0.5) is 23.7 Å². The van der Waals surface area contributed by atoms with Gasteiger partial charge in [0, 0.05) is 10.6 Å². The fraction of sp³-hybridized carbons (Fsp3) is 0.222. The Bertz CT molecular complexity index is 492. The molecule has 1 aliphatic rings. The van der Waals surface area contributed by atoms with Gasteiger partial charge < -0.3 is 4.74 Å². The normalized spacial score (nSPS) is 23.7. The molecule has 8 heteroatoms. The smallest absolute Gasteiger partial charge is 0.412 e. The Kier molecular flexibility index (Phi) is 2.67. The van der Waals surface area contributed by atoms with Gasteiger partial charge in [0.05, 0.1) is 5.69 Å². The Hall–Kier alpha value is -1.14. The summed E-state index contributed by atoms with van der Waals surface area (Å²) in [5.74, 6) is 0. The summed E-state index contributed by atoms with van der Waals surface area (Å²) in [5, 5.41) is -1.05. The lowest BCUT2D eigenvalue weighted by Crippen LogP contribution is -2.46. The number of nitrogens with one attached hydrogen (secondary N) is 1. The van der Waals surface area contributed by atoms with Crippen molar-refractivity contribution in [2.24, 2.45) is 0 Å². The van der Waals surface area contributed by atoms with Crippen LogP contribution in [0, 0.1) is 0 Å². The minimum atomic E-state index is -4.95. The Morgan fingerprint density at radius 2 is 2.00 bits per heavy atom. The van der Waals surface area contributed by atoms with Crippen molar-refractivity contribution in [3.63, 3.8) is 0 Å². The molecule has 0 spiro atoms. The topological polar surface area (TPSA) is 38.3 Å². The molecule has 0 fully saturated rings. The van der Waals surface area contributed by atoms with Gasteiger partial charge in [0.25, 0.3) is 0 Å². The third kappa shape index (κ3) is 1.91. The summed E-state index contributed by atoms with van der Waals surface area (Å²) in [6.07, 6.45) is -6.22. The van der Waals surface area contributed by atoms with E-state index in [1.165, 1.54) is 12.1 Å². The van der Waals surface area contributed by atoms with E-state index in [0.29, 0.717) is 0 Å². The summed E-state index contributed by atoms with van der Waals surface area (Å²) in [6, 6.07) is 3.55. The lowest BCUT2D eigenvalue weighted by Gasteiger charge is -2.34. The molecule has 1 amide bonds. The zero-order chi connectivity index (χ0) is 12.8. The first-order valence-electron chi connectivity index (χ1n) is 4.30. The number of benzene rings is 1. The highest BCUT2D eigenvalue weighted by molar-refractivity contribution is 6.31. The minimum Gasteiger partial charge on any atom is -0.412 e. The highest BCUT2D eigenvalue weighted by Crippen LogP contribution is 2.50. The largest absolute Gasteiger partial charge is 0.448 e. The summed E-state index contributed by atoms with van der Waals surface area (Å²) < 4.78 is 42.6. The van der Waals surface area contributed by atoms with E-state index in [9.17, 15) is 18.0 Å². The zero-order valence-corrected chi connectivity index (χ0v) is 9.45. The maximum absolute atomic E-state index is 12.8. The number of hydrogen-bond acceptors (Lipinski definition) is 2. The highest BCUT2D eigenvalue weighted by atomic mass is 35.5. The molecular formula is C9H4Cl2F3NO2. The molecule has 3 nitrogen and oxygen atoms in total. The molecule has 0 bridgehead atoms. The van der Waals surface area contributed by atoms with Crippen molar-refractivity contribution in [1.82, 2.24) is 0 Å². The molecule has 1 aromatic rings. The first kappa shape index (κ1) is 12.3.